The summed E-state index contributed by atoms with van der Waals surface area (Å²) in [7, 11) is -11.9. The number of sulfone groups is 3. The smallest absolute Gasteiger partial charge is 0.656 e. The molecule has 0 saturated heterocycles. The molecular weight excluding hydrogens is 1430 g/mol. The van der Waals surface area contributed by atoms with Crippen molar-refractivity contribution >= 4 is 84.5 Å². The van der Waals surface area contributed by atoms with Gasteiger partial charge in [-0.1, -0.05) is 239 Å². The Bertz CT molecular complexity index is 6130. The van der Waals surface area contributed by atoms with Gasteiger partial charge in [0, 0.05) is 21.5 Å². The van der Waals surface area contributed by atoms with Crippen LogP contribution in [-0.2, 0) is 127 Å². The monoisotopic (exact) mass is 1520 g/mol. The third-order valence-corrected chi connectivity index (χ3v) is 26.6. The van der Waals surface area contributed by atoms with Crippen LogP contribution in [0.1, 0.15) is 244 Å². The average Bonchev–Trinajstić information content (AvgIpc) is 1.54. The maximum Gasteiger partial charge on any atom is 2.00 e. The maximum atomic E-state index is 15.4. The second kappa shape index (κ2) is 24.5. The molecule has 0 unspecified atom stereocenters. The Balaban J connectivity index is 0.00000995. The Morgan fingerprint density at radius 2 is 0.509 bits per heavy atom. The fourth-order valence-corrected chi connectivity index (χ4v) is 20.5. The van der Waals surface area contributed by atoms with Gasteiger partial charge in [-0.05, 0) is 190 Å². The molecule has 548 valence electrons. The van der Waals surface area contributed by atoms with Gasteiger partial charge in [0.05, 0.1) is 56.6 Å². The van der Waals surface area contributed by atoms with Gasteiger partial charge in [-0.25, -0.2) is 35.2 Å². The Hall–Kier alpha value is -7.49. The third kappa shape index (κ3) is 13.5. The van der Waals surface area contributed by atoms with Crippen LogP contribution in [0, 0.1) is 0 Å². The molecule has 0 saturated carbocycles. The summed E-state index contributed by atoms with van der Waals surface area (Å²) >= 11 is 0. The van der Waals surface area contributed by atoms with Crippen molar-refractivity contribution in [1.29, 1.82) is 0 Å². The molecule has 2 aromatic heterocycles. The van der Waals surface area contributed by atoms with Crippen molar-refractivity contribution < 1.29 is 44.7 Å². The second-order valence-corrected chi connectivity index (χ2v) is 45.1. The van der Waals surface area contributed by atoms with Gasteiger partial charge in [0.2, 0.25) is 0 Å². The van der Waals surface area contributed by atoms with Gasteiger partial charge >= 0.3 is 19.5 Å². The number of benzene rings is 6. The molecule has 0 radical (unpaired) electrons. The molecule has 12 nitrogen and oxygen atoms in total. The van der Waals surface area contributed by atoms with Gasteiger partial charge in [-0.2, -0.15) is 0 Å². The quantitative estimate of drug-likeness (QED) is 0.153. The summed E-state index contributed by atoms with van der Waals surface area (Å²) in [5, 5.41) is 1.92. The minimum atomic E-state index is -3.97. The van der Waals surface area contributed by atoms with E-state index < -0.39 is 107 Å². The van der Waals surface area contributed by atoms with Gasteiger partial charge in [-0.15, -0.1) is 22.1 Å². The molecule has 9 aromatic rings. The van der Waals surface area contributed by atoms with Crippen molar-refractivity contribution in [2.75, 3.05) is 0 Å². The maximum absolute atomic E-state index is 15.4. The minimum Gasteiger partial charge on any atom is -0.656 e. The van der Waals surface area contributed by atoms with Crippen LogP contribution in [-0.4, -0.2) is 25.3 Å². The number of hydrogen-bond donors (Lipinski definition) is 0. The molecule has 5 aliphatic heterocycles. The van der Waals surface area contributed by atoms with Gasteiger partial charge in [0.1, 0.15) is 0 Å². The van der Waals surface area contributed by atoms with E-state index in [0.29, 0.717) is 133 Å². The SMILES string of the molecule is CC(C)(C)c1cc(-c2c3c4c(c(c(-c5cc(C(C)(C)C)cc(C(C)(C)C)c5)c5[n-]c(c6c5CS(=O)(=O)C6)c(-c5cc(C(C)(C)C)cc(C(C)(C)C)c5)c5c6cc7c(=O)ccc(=O)c7cc6c(c(-c6cc(C(C)(C)C)cc(C(C)(C)C)c6)c6[n-]c2c2c6CS(=O)(=O)C2)N=5)=N3)CS(=O)(=O)C4)cc(C(C)(C)C)c1.[Zn+2]. The van der Waals surface area contributed by atoms with E-state index in [1.165, 1.54) is 12.1 Å². The minimum absolute atomic E-state index is 0. The topological polar surface area (TPSA) is 189 Å². The molecule has 0 N–H and O–H groups in total. The van der Waals surface area contributed by atoms with Crippen molar-refractivity contribution in [3.63, 3.8) is 0 Å². The van der Waals surface area contributed by atoms with Crippen molar-refractivity contribution in [3.8, 4) is 44.5 Å². The Morgan fingerprint density at radius 3 is 0.811 bits per heavy atom. The summed E-state index contributed by atoms with van der Waals surface area (Å²) in [6.07, 6.45) is 0. The van der Waals surface area contributed by atoms with Crippen molar-refractivity contribution in [2.45, 2.75) is 244 Å². The van der Waals surface area contributed by atoms with Crippen LogP contribution in [0.2, 0.25) is 0 Å². The standard InChI is InChI=1S/C90H102N4O8S3.Zn/c1-83(2,3)51-27-47(28-52(35-51)84(4,5)6)71-75-61-39-59-60(70(96)26-25-69(59)95)40-62(61)76(91-75)72(48-29-53(85(7,8)9)36-54(30-48)86(10,11)12)78-64-42-104(99,100)44-66(64)80(93-78)74(50-33-57(89(19,20)21)38-58(34-50)90(22,23)24)82-68-46-105(101,102)45-67(68)81(94-82)73(79-65-43-103(97,98)41-63(65)77(71)92-79)49-31-55(87(13,14)15)37-56(32-49)88(16,17)18;/h25-40H,41-46H2,1-24H3,(H2,91,92,93,94,95,96);/q;+2/p-2. The first-order valence-corrected chi connectivity index (χ1v) is 42.3. The summed E-state index contributed by atoms with van der Waals surface area (Å²) in [4.78, 5) is 53.7. The number of aromatic nitrogens is 2. The largest absolute Gasteiger partial charge is 2.00 e. The van der Waals surface area contributed by atoms with Crippen molar-refractivity contribution in [1.82, 2.24) is 9.97 Å². The molecule has 106 heavy (non-hydrogen) atoms. The molecule has 0 fully saturated rings. The Morgan fingerprint density at radius 1 is 0.274 bits per heavy atom. The van der Waals surface area contributed by atoms with E-state index in [1.54, 1.807) is 12.1 Å². The molecule has 0 spiro atoms. The van der Waals surface area contributed by atoms with E-state index in [0.717, 1.165) is 44.5 Å². The zero-order valence-corrected chi connectivity index (χ0v) is 71.9. The van der Waals surface area contributed by atoms with Crippen molar-refractivity contribution in [3.05, 3.63) is 206 Å². The van der Waals surface area contributed by atoms with E-state index in [9.17, 15) is 9.59 Å². The first-order valence-electron chi connectivity index (χ1n) is 36.8. The molecule has 0 amide bonds. The van der Waals surface area contributed by atoms with Gasteiger partial charge < -0.3 is 9.97 Å². The Kier molecular flexibility index (Phi) is 17.7. The van der Waals surface area contributed by atoms with Gasteiger partial charge in [0.25, 0.3) is 0 Å². The fourth-order valence-electron chi connectivity index (χ4n) is 15.7. The molecule has 0 aliphatic carbocycles. The first-order chi connectivity index (χ1) is 48.0. The summed E-state index contributed by atoms with van der Waals surface area (Å²) in [5.74, 6) is -2.43. The number of nitrogens with zero attached hydrogens (tertiary/aromatic N) is 4. The molecule has 8 bridgehead atoms. The molecule has 0 atom stereocenters. The zero-order valence-electron chi connectivity index (χ0n) is 66.5. The summed E-state index contributed by atoms with van der Waals surface area (Å²) in [6, 6.07) is 32.1. The molecule has 14 rings (SSSR count). The third-order valence-electron chi connectivity index (χ3n) is 22.2. The van der Waals surface area contributed by atoms with E-state index in [1.807, 2.05) is 0 Å². The number of hydrogen-bond acceptors (Lipinski definition) is 10. The van der Waals surface area contributed by atoms with Gasteiger partial charge in [0.15, 0.2) is 40.4 Å². The second-order valence-electron chi connectivity index (χ2n) is 38.9. The summed E-state index contributed by atoms with van der Waals surface area (Å²) in [5.41, 5.74) is 12.6. The van der Waals surface area contributed by atoms with Crippen LogP contribution < -0.4 is 31.5 Å². The van der Waals surface area contributed by atoms with E-state index in [4.69, 9.17) is 20.0 Å². The zero-order chi connectivity index (χ0) is 76.7. The average molecular weight is 1530 g/mol. The number of rotatable bonds is 4. The van der Waals surface area contributed by atoms with E-state index in [2.05, 4.69) is 239 Å². The van der Waals surface area contributed by atoms with Gasteiger partial charge in [-0.3, -0.25) is 9.59 Å². The molecule has 5 aliphatic rings. The number of fused-ring (bicyclic) bond motifs is 1. The predicted molar refractivity (Wildman–Crippen MR) is 433 cm³/mol. The van der Waals surface area contributed by atoms with Crippen LogP contribution >= 0.6 is 0 Å². The first kappa shape index (κ1) is 76.7. The fraction of sp³-hybridized carbons (Fsp3) is 0.422. The van der Waals surface area contributed by atoms with Crippen molar-refractivity contribution in [2.24, 2.45) is 9.98 Å². The molecule has 7 aromatic carbocycles. The van der Waals surface area contributed by atoms with Crippen LogP contribution in [0.15, 0.2) is 117 Å². The summed E-state index contributed by atoms with van der Waals surface area (Å²) in [6.45, 7) is 51.8. The van der Waals surface area contributed by atoms with E-state index >= 15 is 25.3 Å². The van der Waals surface area contributed by atoms with E-state index in [-0.39, 0.29) is 41.1 Å². The molecule has 16 heteroatoms. The van der Waals surface area contributed by atoms with Crippen LogP contribution in [0.3, 0.4) is 0 Å². The summed E-state index contributed by atoms with van der Waals surface area (Å²) < 4.78 is 92.0. The molecular formula is C90H100N4O8S3Zn. The Labute approximate surface area is 639 Å². The predicted octanol–water partition coefficient (Wildman–Crippen LogP) is 19.0. The molecule has 7 heterocycles. The normalized spacial score (nSPS) is 16.3. The van der Waals surface area contributed by atoms with Crippen LogP contribution in [0.25, 0.3) is 88.1 Å². The van der Waals surface area contributed by atoms with Crippen LogP contribution in [0.5, 0.6) is 0 Å². The van der Waals surface area contributed by atoms with Crippen LogP contribution in [0.4, 0.5) is 11.4 Å².